The summed E-state index contributed by atoms with van der Waals surface area (Å²) >= 11 is 1.50. The van der Waals surface area contributed by atoms with Crippen molar-refractivity contribution in [3.63, 3.8) is 0 Å². The van der Waals surface area contributed by atoms with E-state index in [1.54, 1.807) is 24.3 Å². The number of allylic oxidation sites excluding steroid dienone is 1. The van der Waals surface area contributed by atoms with Gasteiger partial charge >= 0.3 is 0 Å². The number of nitrogens with zero attached hydrogens (tertiary/aromatic N) is 1. The number of rotatable bonds is 4. The van der Waals surface area contributed by atoms with E-state index in [2.05, 4.69) is 0 Å². The molecule has 1 aliphatic rings. The molecule has 0 fully saturated rings. The molecule has 4 nitrogen and oxygen atoms in total. The van der Waals surface area contributed by atoms with Crippen molar-refractivity contribution in [3.05, 3.63) is 63.9 Å². The van der Waals surface area contributed by atoms with Crippen LogP contribution in [0.1, 0.15) is 38.9 Å². The Morgan fingerprint density at radius 3 is 2.33 bits per heavy atom. The second-order valence-corrected chi connectivity index (χ2v) is 5.44. The van der Waals surface area contributed by atoms with E-state index in [9.17, 15) is 9.59 Å². The van der Waals surface area contributed by atoms with Gasteiger partial charge in [0.2, 0.25) is 0 Å². The van der Waals surface area contributed by atoms with Crippen molar-refractivity contribution in [2.75, 3.05) is 0 Å². The van der Waals surface area contributed by atoms with Crippen LogP contribution in [0.15, 0.2) is 47.9 Å². The molecule has 0 saturated carbocycles. The minimum absolute atomic E-state index is 0.379. The predicted octanol–water partition coefficient (Wildman–Crippen LogP) is 3.73. The molecule has 0 saturated heterocycles. The molecule has 0 aliphatic carbocycles. The molecular weight excluding hydrogens is 286 g/mol. The third-order valence-corrected chi connectivity index (χ3v) is 3.98. The fraction of sp³-hybridized carbons (Fsp3) is 0.125. The second kappa shape index (κ2) is 5.54. The maximum Gasteiger partial charge on any atom is 0.295 e. The van der Waals surface area contributed by atoms with Crippen LogP contribution in [-0.2, 0) is 4.84 Å². The number of fused-ring (bicyclic) bond motifs is 1. The van der Waals surface area contributed by atoms with Crippen LogP contribution in [0.5, 0.6) is 0 Å². The summed E-state index contributed by atoms with van der Waals surface area (Å²) in [7, 11) is 0. The molecule has 3 rings (SSSR count). The van der Waals surface area contributed by atoms with Gasteiger partial charge in [-0.25, -0.2) is 0 Å². The lowest BCUT2D eigenvalue weighted by Gasteiger charge is -2.16. The summed E-state index contributed by atoms with van der Waals surface area (Å²) in [5, 5.41) is 2.76. The van der Waals surface area contributed by atoms with Gasteiger partial charge in [-0.05, 0) is 36.1 Å². The molecule has 2 heterocycles. The quantitative estimate of drug-likeness (QED) is 0.638. The van der Waals surface area contributed by atoms with Crippen molar-refractivity contribution >= 4 is 28.9 Å². The minimum Gasteiger partial charge on any atom is -0.367 e. The van der Waals surface area contributed by atoms with E-state index in [1.165, 1.54) is 11.3 Å². The van der Waals surface area contributed by atoms with Crippen molar-refractivity contribution in [1.82, 2.24) is 5.06 Å². The van der Waals surface area contributed by atoms with E-state index < -0.39 is 11.8 Å². The topological polar surface area (TPSA) is 46.6 Å². The molecule has 2 aromatic rings. The van der Waals surface area contributed by atoms with Gasteiger partial charge in [0, 0.05) is 0 Å². The molecule has 2 amide bonds. The fourth-order valence-corrected chi connectivity index (χ4v) is 2.83. The Bertz CT molecular complexity index is 684. The van der Waals surface area contributed by atoms with Crippen molar-refractivity contribution in [3.8, 4) is 0 Å². The number of carbonyl (C=O) groups is 2. The third-order valence-electron chi connectivity index (χ3n) is 3.10. The van der Waals surface area contributed by atoms with Crippen molar-refractivity contribution < 1.29 is 14.4 Å². The number of amides is 2. The third kappa shape index (κ3) is 2.36. The molecular formula is C16H13NO3S. The Morgan fingerprint density at radius 2 is 1.81 bits per heavy atom. The SMILES string of the molecule is CC/C=C(\ON1C(=O)c2ccccc2C1=O)c1cccs1. The number of hydrogen-bond acceptors (Lipinski definition) is 4. The Balaban J connectivity index is 1.91. The highest BCUT2D eigenvalue weighted by Crippen LogP contribution is 2.28. The smallest absolute Gasteiger partial charge is 0.295 e. The zero-order valence-electron chi connectivity index (χ0n) is 11.4. The van der Waals surface area contributed by atoms with E-state index in [0.717, 1.165) is 16.4 Å². The molecule has 0 atom stereocenters. The largest absolute Gasteiger partial charge is 0.367 e. The summed E-state index contributed by atoms with van der Waals surface area (Å²) in [4.78, 5) is 31.0. The maximum absolute atomic E-state index is 12.3. The van der Waals surface area contributed by atoms with Crippen molar-refractivity contribution in [1.29, 1.82) is 0 Å². The summed E-state index contributed by atoms with van der Waals surface area (Å²) in [6.07, 6.45) is 2.60. The van der Waals surface area contributed by atoms with Gasteiger partial charge < -0.3 is 4.84 Å². The van der Waals surface area contributed by atoms with E-state index in [4.69, 9.17) is 4.84 Å². The molecule has 21 heavy (non-hydrogen) atoms. The van der Waals surface area contributed by atoms with E-state index in [0.29, 0.717) is 16.9 Å². The van der Waals surface area contributed by atoms with E-state index in [-0.39, 0.29) is 0 Å². The Kier molecular flexibility index (Phi) is 3.58. The lowest BCUT2D eigenvalue weighted by molar-refractivity contribution is -0.0317. The van der Waals surface area contributed by atoms with Gasteiger partial charge in [-0.1, -0.05) is 30.2 Å². The lowest BCUT2D eigenvalue weighted by Crippen LogP contribution is -2.29. The Morgan fingerprint density at radius 1 is 1.14 bits per heavy atom. The first-order valence-electron chi connectivity index (χ1n) is 6.62. The molecule has 5 heteroatoms. The summed E-state index contributed by atoms with van der Waals surface area (Å²) in [6.45, 7) is 1.97. The van der Waals surface area contributed by atoms with Crippen LogP contribution >= 0.6 is 11.3 Å². The molecule has 106 valence electrons. The van der Waals surface area contributed by atoms with Gasteiger partial charge in [0.05, 0.1) is 16.0 Å². The monoisotopic (exact) mass is 299 g/mol. The van der Waals surface area contributed by atoms with Crippen LogP contribution in [0.25, 0.3) is 5.76 Å². The predicted molar refractivity (Wildman–Crippen MR) is 80.6 cm³/mol. The van der Waals surface area contributed by atoms with Crippen LogP contribution in [0, 0.1) is 0 Å². The molecule has 0 radical (unpaired) electrons. The first-order chi connectivity index (χ1) is 10.2. The average molecular weight is 299 g/mol. The number of hydroxylamine groups is 2. The second-order valence-electron chi connectivity index (χ2n) is 4.50. The minimum atomic E-state index is -0.422. The van der Waals surface area contributed by atoms with E-state index >= 15 is 0 Å². The molecule has 1 aliphatic heterocycles. The fourth-order valence-electron chi connectivity index (χ4n) is 2.14. The summed E-state index contributed by atoms with van der Waals surface area (Å²) in [5.74, 6) is -0.315. The molecule has 0 unspecified atom stereocenters. The van der Waals surface area contributed by atoms with Gasteiger partial charge in [-0.15, -0.1) is 11.3 Å². The molecule has 0 bridgehead atoms. The van der Waals surface area contributed by atoms with Crippen LogP contribution in [0.4, 0.5) is 0 Å². The van der Waals surface area contributed by atoms with Gasteiger partial charge in [0.15, 0.2) is 5.76 Å². The van der Waals surface area contributed by atoms with Crippen LogP contribution in [0.3, 0.4) is 0 Å². The maximum atomic E-state index is 12.3. The van der Waals surface area contributed by atoms with Gasteiger partial charge in [-0.3, -0.25) is 9.59 Å². The standard InChI is InChI=1S/C16H13NO3S/c1-2-6-13(14-9-5-10-21-14)20-17-15(18)11-7-3-4-8-12(11)16(17)19/h3-10H,2H2,1H3/b13-6-. The highest BCUT2D eigenvalue weighted by molar-refractivity contribution is 7.11. The van der Waals surface area contributed by atoms with E-state index in [1.807, 2.05) is 30.5 Å². The molecule has 0 spiro atoms. The first kappa shape index (κ1) is 13.6. The number of hydrogen-bond donors (Lipinski definition) is 0. The molecule has 0 N–H and O–H groups in total. The highest BCUT2D eigenvalue weighted by Gasteiger charge is 2.38. The molecule has 1 aromatic carbocycles. The number of imide groups is 1. The first-order valence-corrected chi connectivity index (χ1v) is 7.50. The Labute approximate surface area is 126 Å². The number of thiophene rings is 1. The van der Waals surface area contributed by atoms with Crippen molar-refractivity contribution in [2.24, 2.45) is 0 Å². The zero-order chi connectivity index (χ0) is 14.8. The molecule has 1 aromatic heterocycles. The van der Waals surface area contributed by atoms with Crippen molar-refractivity contribution in [2.45, 2.75) is 13.3 Å². The Hall–Kier alpha value is -2.40. The lowest BCUT2D eigenvalue weighted by atomic mass is 10.1. The zero-order valence-corrected chi connectivity index (χ0v) is 12.2. The summed E-state index contributed by atoms with van der Waals surface area (Å²) in [6, 6.07) is 10.5. The van der Waals surface area contributed by atoms with Gasteiger partial charge in [0.25, 0.3) is 11.8 Å². The van der Waals surface area contributed by atoms with Crippen LogP contribution in [0.2, 0.25) is 0 Å². The van der Waals surface area contributed by atoms with Gasteiger partial charge in [0.1, 0.15) is 0 Å². The normalized spacial score (nSPS) is 14.5. The summed E-state index contributed by atoms with van der Waals surface area (Å²) in [5.41, 5.74) is 0.758. The number of carbonyl (C=O) groups excluding carboxylic acids is 2. The number of benzene rings is 1. The highest BCUT2D eigenvalue weighted by atomic mass is 32.1. The van der Waals surface area contributed by atoms with Crippen LogP contribution in [-0.4, -0.2) is 16.9 Å². The summed E-state index contributed by atoms with van der Waals surface area (Å²) < 4.78 is 0. The average Bonchev–Trinajstić information content (AvgIpc) is 3.11. The van der Waals surface area contributed by atoms with Gasteiger partial charge in [-0.2, -0.15) is 0 Å². The van der Waals surface area contributed by atoms with Crippen LogP contribution < -0.4 is 0 Å².